The molecule has 0 saturated heterocycles. The number of benzene rings is 1. The lowest BCUT2D eigenvalue weighted by molar-refractivity contribution is -0.147. The normalized spacial score (nSPS) is 36.0. The lowest BCUT2D eigenvalue weighted by Crippen LogP contribution is -2.53. The molecule has 1 N–H and O–H groups in total. The Morgan fingerprint density at radius 2 is 1.65 bits per heavy atom. The van der Waals surface area contributed by atoms with Gasteiger partial charge in [-0.1, -0.05) is 23.8 Å². The number of aryl methyl sites for hydroxylation is 2. The minimum absolute atomic E-state index is 0.0409. The van der Waals surface area contributed by atoms with Crippen LogP contribution >= 0.6 is 0 Å². The zero-order chi connectivity index (χ0) is 16.2. The van der Waals surface area contributed by atoms with Crippen molar-refractivity contribution in [2.75, 3.05) is 0 Å². The van der Waals surface area contributed by atoms with E-state index in [1.165, 1.54) is 36.0 Å². The molecular formula is C21H29NO. The molecule has 0 radical (unpaired) electrons. The zero-order valence-corrected chi connectivity index (χ0v) is 14.7. The first kappa shape index (κ1) is 15.2. The summed E-state index contributed by atoms with van der Waals surface area (Å²) in [4.78, 5) is 13.2. The highest BCUT2D eigenvalue weighted by Gasteiger charge is 2.54. The molecular weight excluding hydrogens is 282 g/mol. The van der Waals surface area contributed by atoms with Crippen LogP contribution in [0.4, 0.5) is 0 Å². The minimum Gasteiger partial charge on any atom is -0.349 e. The van der Waals surface area contributed by atoms with Crippen LogP contribution < -0.4 is 5.32 Å². The molecule has 1 unspecified atom stereocenters. The van der Waals surface area contributed by atoms with Gasteiger partial charge in [0, 0.05) is 5.41 Å². The number of hydrogen-bond acceptors (Lipinski definition) is 1. The van der Waals surface area contributed by atoms with E-state index in [2.05, 4.69) is 44.3 Å². The second kappa shape index (κ2) is 5.36. The summed E-state index contributed by atoms with van der Waals surface area (Å²) in [5.74, 6) is 2.80. The van der Waals surface area contributed by atoms with Gasteiger partial charge in [0.05, 0.1) is 6.04 Å². The summed E-state index contributed by atoms with van der Waals surface area (Å²) in [5, 5.41) is 3.38. The molecule has 124 valence electrons. The molecule has 4 aliphatic carbocycles. The van der Waals surface area contributed by atoms with Crippen molar-refractivity contribution in [3.8, 4) is 0 Å². The molecule has 0 spiro atoms. The van der Waals surface area contributed by atoms with Crippen LogP contribution in [0.3, 0.4) is 0 Å². The van der Waals surface area contributed by atoms with Gasteiger partial charge in [-0.15, -0.1) is 0 Å². The van der Waals surface area contributed by atoms with E-state index in [0.717, 1.165) is 37.0 Å². The van der Waals surface area contributed by atoms with Gasteiger partial charge in [-0.25, -0.2) is 0 Å². The molecule has 4 aliphatic rings. The Morgan fingerprint density at radius 1 is 1.09 bits per heavy atom. The molecule has 0 aromatic heterocycles. The second-order valence-corrected chi connectivity index (χ2v) is 8.75. The standard InChI is InChI=1S/C21H29NO/c1-13-4-5-14(2)19(6-13)15(3)22-20(23)21-10-16-7-17(11-21)9-18(8-16)12-21/h4-6,15-18H,7-12H2,1-3H3,(H,22,23). The van der Waals surface area contributed by atoms with Crippen molar-refractivity contribution in [1.82, 2.24) is 5.32 Å². The Balaban J connectivity index is 1.52. The number of amides is 1. The number of carbonyl (C=O) groups excluding carboxylic acids is 1. The van der Waals surface area contributed by atoms with Gasteiger partial charge >= 0.3 is 0 Å². The van der Waals surface area contributed by atoms with Crippen LogP contribution in [0.25, 0.3) is 0 Å². The van der Waals surface area contributed by atoms with Gasteiger partial charge in [0.25, 0.3) is 0 Å². The summed E-state index contributed by atoms with van der Waals surface area (Å²) in [6.45, 7) is 6.40. The van der Waals surface area contributed by atoms with E-state index in [1.807, 2.05) is 0 Å². The number of carbonyl (C=O) groups is 1. The monoisotopic (exact) mass is 311 g/mol. The molecule has 5 rings (SSSR count). The van der Waals surface area contributed by atoms with Gasteiger partial charge in [0.1, 0.15) is 0 Å². The summed E-state index contributed by atoms with van der Waals surface area (Å²) in [7, 11) is 0. The maximum atomic E-state index is 13.2. The van der Waals surface area contributed by atoms with E-state index in [0.29, 0.717) is 5.91 Å². The maximum Gasteiger partial charge on any atom is 0.226 e. The van der Waals surface area contributed by atoms with E-state index in [4.69, 9.17) is 0 Å². The van der Waals surface area contributed by atoms with Crippen molar-refractivity contribution in [2.45, 2.75) is 65.3 Å². The molecule has 2 nitrogen and oxygen atoms in total. The lowest BCUT2D eigenvalue weighted by atomic mass is 9.49. The molecule has 1 aromatic carbocycles. The fraction of sp³-hybridized carbons (Fsp3) is 0.667. The Labute approximate surface area is 140 Å². The van der Waals surface area contributed by atoms with Crippen LogP contribution in [0.5, 0.6) is 0 Å². The lowest BCUT2D eigenvalue weighted by Gasteiger charge is -2.55. The van der Waals surface area contributed by atoms with Crippen molar-refractivity contribution in [1.29, 1.82) is 0 Å². The van der Waals surface area contributed by atoms with Crippen LogP contribution in [0.2, 0.25) is 0 Å². The van der Waals surface area contributed by atoms with E-state index in [-0.39, 0.29) is 11.5 Å². The largest absolute Gasteiger partial charge is 0.349 e. The first-order valence-corrected chi connectivity index (χ1v) is 9.33. The zero-order valence-electron chi connectivity index (χ0n) is 14.7. The topological polar surface area (TPSA) is 29.1 Å². The molecule has 2 heteroatoms. The number of hydrogen-bond donors (Lipinski definition) is 1. The highest BCUT2D eigenvalue weighted by atomic mass is 16.2. The van der Waals surface area contributed by atoms with Gasteiger partial charge in [0.15, 0.2) is 0 Å². The molecule has 4 fully saturated rings. The Bertz CT molecular complexity index is 597. The fourth-order valence-corrected chi connectivity index (χ4v) is 6.04. The summed E-state index contributed by atoms with van der Waals surface area (Å²) >= 11 is 0. The molecule has 1 aromatic rings. The molecule has 4 saturated carbocycles. The Hall–Kier alpha value is -1.31. The second-order valence-electron chi connectivity index (χ2n) is 8.75. The third kappa shape index (κ3) is 2.60. The van der Waals surface area contributed by atoms with E-state index in [9.17, 15) is 4.79 Å². The van der Waals surface area contributed by atoms with Crippen LogP contribution in [0.1, 0.15) is 68.2 Å². The van der Waals surface area contributed by atoms with Crippen molar-refractivity contribution in [3.63, 3.8) is 0 Å². The number of rotatable bonds is 3. The summed E-state index contributed by atoms with van der Waals surface area (Å²) < 4.78 is 0. The molecule has 0 heterocycles. The van der Waals surface area contributed by atoms with Crippen LogP contribution in [0.15, 0.2) is 18.2 Å². The third-order valence-corrected chi connectivity index (χ3v) is 6.77. The first-order chi connectivity index (χ1) is 10.9. The van der Waals surface area contributed by atoms with Crippen LogP contribution in [-0.4, -0.2) is 5.91 Å². The molecule has 1 amide bonds. The number of nitrogens with one attached hydrogen (secondary N) is 1. The average molecular weight is 311 g/mol. The summed E-state index contributed by atoms with van der Waals surface area (Å²) in [6, 6.07) is 6.64. The highest BCUT2D eigenvalue weighted by Crippen LogP contribution is 2.60. The minimum atomic E-state index is -0.0409. The van der Waals surface area contributed by atoms with Gasteiger partial charge < -0.3 is 5.32 Å². The van der Waals surface area contributed by atoms with Crippen LogP contribution in [-0.2, 0) is 4.79 Å². The molecule has 4 bridgehead atoms. The van der Waals surface area contributed by atoms with E-state index >= 15 is 0 Å². The van der Waals surface area contributed by atoms with Gasteiger partial charge in [-0.2, -0.15) is 0 Å². The van der Waals surface area contributed by atoms with Crippen molar-refractivity contribution >= 4 is 5.91 Å². The first-order valence-electron chi connectivity index (χ1n) is 9.33. The summed E-state index contributed by atoms with van der Waals surface area (Å²) in [5.41, 5.74) is 3.76. The average Bonchev–Trinajstić information content (AvgIpc) is 2.48. The summed E-state index contributed by atoms with van der Waals surface area (Å²) in [6.07, 6.45) is 7.59. The van der Waals surface area contributed by atoms with E-state index in [1.54, 1.807) is 0 Å². The molecule has 0 aliphatic heterocycles. The van der Waals surface area contributed by atoms with E-state index < -0.39 is 0 Å². The van der Waals surface area contributed by atoms with Crippen molar-refractivity contribution in [3.05, 3.63) is 34.9 Å². The maximum absolute atomic E-state index is 13.2. The molecule has 23 heavy (non-hydrogen) atoms. The SMILES string of the molecule is Cc1ccc(C)c(C(C)NC(=O)C23CC4CC(CC(C4)C2)C3)c1. The van der Waals surface area contributed by atoms with Crippen LogP contribution in [0, 0.1) is 37.0 Å². The van der Waals surface area contributed by atoms with Gasteiger partial charge in [0.2, 0.25) is 5.91 Å². The highest BCUT2D eigenvalue weighted by molar-refractivity contribution is 5.83. The van der Waals surface area contributed by atoms with Gasteiger partial charge in [-0.05, 0) is 88.2 Å². The Morgan fingerprint density at radius 3 is 2.22 bits per heavy atom. The quantitative estimate of drug-likeness (QED) is 0.861. The molecule has 1 atom stereocenters. The van der Waals surface area contributed by atoms with Crippen molar-refractivity contribution in [2.24, 2.45) is 23.2 Å². The van der Waals surface area contributed by atoms with Crippen molar-refractivity contribution < 1.29 is 4.79 Å². The predicted octanol–water partition coefficient (Wildman–Crippen LogP) is 4.70. The third-order valence-electron chi connectivity index (χ3n) is 6.77. The fourth-order valence-electron chi connectivity index (χ4n) is 6.04. The predicted molar refractivity (Wildman–Crippen MR) is 93.1 cm³/mol. The Kier molecular flexibility index (Phi) is 3.55. The smallest absolute Gasteiger partial charge is 0.226 e. The van der Waals surface area contributed by atoms with Gasteiger partial charge in [-0.3, -0.25) is 4.79 Å².